The van der Waals surface area contributed by atoms with Gasteiger partial charge in [-0.2, -0.15) is 0 Å². The third-order valence-electron chi connectivity index (χ3n) is 2.51. The number of pyridine rings is 1. The molecule has 0 spiro atoms. The van der Waals surface area contributed by atoms with Crippen molar-refractivity contribution in [3.8, 4) is 0 Å². The van der Waals surface area contributed by atoms with Crippen LogP contribution in [0.25, 0.3) is 0 Å². The van der Waals surface area contributed by atoms with Gasteiger partial charge < -0.3 is 4.90 Å². The summed E-state index contributed by atoms with van der Waals surface area (Å²) >= 11 is 5.06. The van der Waals surface area contributed by atoms with E-state index in [0.29, 0.717) is 0 Å². The number of nitrogens with zero attached hydrogens (tertiary/aromatic N) is 3. The molecule has 0 aliphatic heterocycles. The first-order chi connectivity index (χ1) is 8.20. The van der Waals surface area contributed by atoms with Crippen molar-refractivity contribution in [2.75, 3.05) is 11.9 Å². The highest BCUT2D eigenvalue weighted by atomic mass is 79.9. The van der Waals surface area contributed by atoms with E-state index in [2.05, 4.69) is 49.2 Å². The Morgan fingerprint density at radius 2 is 2.24 bits per heavy atom. The summed E-state index contributed by atoms with van der Waals surface area (Å²) in [5.74, 6) is 1.02. The average Bonchev–Trinajstić information content (AvgIpc) is 2.81. The number of rotatable bonds is 4. The fraction of sp³-hybridized carbons (Fsp3) is 0.333. The van der Waals surface area contributed by atoms with Crippen LogP contribution in [-0.4, -0.2) is 17.0 Å². The maximum absolute atomic E-state index is 4.50. The lowest BCUT2D eigenvalue weighted by atomic mass is 10.2. The molecule has 2 aromatic heterocycles. The van der Waals surface area contributed by atoms with Gasteiger partial charge in [-0.1, -0.05) is 22.0 Å². The molecule has 17 heavy (non-hydrogen) atoms. The number of hydrogen-bond acceptors (Lipinski definition) is 4. The van der Waals surface area contributed by atoms with Crippen LogP contribution >= 0.6 is 27.3 Å². The molecule has 0 bridgehead atoms. The van der Waals surface area contributed by atoms with Gasteiger partial charge in [0.1, 0.15) is 5.82 Å². The molecule has 3 nitrogen and oxygen atoms in total. The van der Waals surface area contributed by atoms with E-state index in [1.165, 1.54) is 11.1 Å². The Hall–Kier alpha value is -0.940. The van der Waals surface area contributed by atoms with Crippen LogP contribution in [-0.2, 0) is 11.9 Å². The fourth-order valence-corrected chi connectivity index (χ4v) is 2.59. The van der Waals surface area contributed by atoms with Gasteiger partial charge in [0.05, 0.1) is 17.7 Å². The van der Waals surface area contributed by atoms with Gasteiger partial charge in [0.15, 0.2) is 0 Å². The van der Waals surface area contributed by atoms with Gasteiger partial charge in [-0.15, -0.1) is 11.3 Å². The molecule has 5 heteroatoms. The molecule has 0 aliphatic rings. The molecule has 0 radical (unpaired) electrons. The summed E-state index contributed by atoms with van der Waals surface area (Å²) in [5.41, 5.74) is 5.34. The molecule has 2 aromatic rings. The predicted molar refractivity (Wildman–Crippen MR) is 75.8 cm³/mol. The summed E-state index contributed by atoms with van der Waals surface area (Å²) < 4.78 is 0. The number of aryl methyl sites for hydroxylation is 1. The summed E-state index contributed by atoms with van der Waals surface area (Å²) in [6.45, 7) is 2.89. The maximum atomic E-state index is 4.50. The number of anilines is 1. The third kappa shape index (κ3) is 3.04. The highest BCUT2D eigenvalue weighted by molar-refractivity contribution is 9.08. The molecule has 90 valence electrons. The van der Waals surface area contributed by atoms with Crippen molar-refractivity contribution in [1.29, 1.82) is 0 Å². The standard InChI is InChI=1S/C12H14BrN3S/c1-9-3-10(4-13)5-14-12(9)16(2)6-11-7-17-8-15-11/h3,5,7-8H,4,6H2,1-2H3. The van der Waals surface area contributed by atoms with Crippen LogP contribution in [0.4, 0.5) is 5.82 Å². The van der Waals surface area contributed by atoms with Gasteiger partial charge in [-0.3, -0.25) is 0 Å². The molecule has 2 heterocycles. The molecule has 0 amide bonds. The lowest BCUT2D eigenvalue weighted by Crippen LogP contribution is -2.19. The molecule has 2 rings (SSSR count). The number of halogens is 1. The van der Waals surface area contributed by atoms with Crippen LogP contribution in [0.3, 0.4) is 0 Å². The van der Waals surface area contributed by atoms with E-state index in [4.69, 9.17) is 0 Å². The summed E-state index contributed by atoms with van der Waals surface area (Å²) in [6, 6.07) is 2.16. The zero-order chi connectivity index (χ0) is 12.3. The molecule has 0 N–H and O–H groups in total. The average molecular weight is 312 g/mol. The SMILES string of the molecule is Cc1cc(CBr)cnc1N(C)Cc1cscn1. The third-order valence-corrected chi connectivity index (χ3v) is 3.79. The Morgan fingerprint density at radius 1 is 1.41 bits per heavy atom. The van der Waals surface area contributed by atoms with Gasteiger partial charge >= 0.3 is 0 Å². The van der Waals surface area contributed by atoms with Crippen LogP contribution in [0, 0.1) is 6.92 Å². The van der Waals surface area contributed by atoms with Crippen LogP contribution in [0.1, 0.15) is 16.8 Å². The summed E-state index contributed by atoms with van der Waals surface area (Å²) in [5, 5.41) is 2.91. The van der Waals surface area contributed by atoms with Crippen LogP contribution in [0.2, 0.25) is 0 Å². The lowest BCUT2D eigenvalue weighted by Gasteiger charge is -2.19. The normalized spacial score (nSPS) is 10.5. The Kier molecular flexibility index (Phi) is 4.12. The Morgan fingerprint density at radius 3 is 2.82 bits per heavy atom. The summed E-state index contributed by atoms with van der Waals surface area (Å²) in [4.78, 5) is 10.9. The largest absolute Gasteiger partial charge is 0.354 e. The lowest BCUT2D eigenvalue weighted by molar-refractivity contribution is 0.866. The molecule has 0 atom stereocenters. The Balaban J connectivity index is 2.16. The second kappa shape index (κ2) is 5.60. The molecule has 0 unspecified atom stereocenters. The van der Waals surface area contributed by atoms with E-state index in [9.17, 15) is 0 Å². The van der Waals surface area contributed by atoms with E-state index in [-0.39, 0.29) is 0 Å². The Labute approximate surface area is 114 Å². The monoisotopic (exact) mass is 311 g/mol. The number of aromatic nitrogens is 2. The van der Waals surface area contributed by atoms with E-state index >= 15 is 0 Å². The predicted octanol–water partition coefficient (Wildman–Crippen LogP) is 3.38. The van der Waals surface area contributed by atoms with Gasteiger partial charge in [0.25, 0.3) is 0 Å². The topological polar surface area (TPSA) is 29.0 Å². The van der Waals surface area contributed by atoms with E-state index < -0.39 is 0 Å². The smallest absolute Gasteiger partial charge is 0.131 e. The highest BCUT2D eigenvalue weighted by Crippen LogP contribution is 2.19. The van der Waals surface area contributed by atoms with Crippen molar-refractivity contribution in [3.63, 3.8) is 0 Å². The summed E-state index contributed by atoms with van der Waals surface area (Å²) in [7, 11) is 2.04. The van der Waals surface area contributed by atoms with Gasteiger partial charge in [-0.25, -0.2) is 9.97 Å². The van der Waals surface area contributed by atoms with E-state index in [0.717, 1.165) is 23.4 Å². The zero-order valence-electron chi connectivity index (χ0n) is 9.85. The van der Waals surface area contributed by atoms with Crippen molar-refractivity contribution >= 4 is 33.1 Å². The fourth-order valence-electron chi connectivity index (χ4n) is 1.73. The number of hydrogen-bond donors (Lipinski definition) is 0. The van der Waals surface area contributed by atoms with Gasteiger partial charge in [0, 0.05) is 24.0 Å². The molecule has 0 aromatic carbocycles. The second-order valence-electron chi connectivity index (χ2n) is 3.95. The van der Waals surface area contributed by atoms with E-state index in [1.807, 2.05) is 18.8 Å². The van der Waals surface area contributed by atoms with Crippen molar-refractivity contribution < 1.29 is 0 Å². The highest BCUT2D eigenvalue weighted by Gasteiger charge is 2.08. The zero-order valence-corrected chi connectivity index (χ0v) is 12.3. The second-order valence-corrected chi connectivity index (χ2v) is 5.23. The first kappa shape index (κ1) is 12.5. The minimum Gasteiger partial charge on any atom is -0.354 e. The minimum atomic E-state index is 0.797. The molecule has 0 saturated carbocycles. The molecule has 0 fully saturated rings. The van der Waals surface area contributed by atoms with Gasteiger partial charge in [0.2, 0.25) is 0 Å². The van der Waals surface area contributed by atoms with Crippen molar-refractivity contribution in [2.24, 2.45) is 0 Å². The van der Waals surface area contributed by atoms with Crippen molar-refractivity contribution in [2.45, 2.75) is 18.8 Å². The summed E-state index contributed by atoms with van der Waals surface area (Å²) in [6.07, 6.45) is 1.91. The van der Waals surface area contributed by atoms with Crippen LogP contribution in [0.15, 0.2) is 23.2 Å². The quantitative estimate of drug-likeness (QED) is 0.811. The first-order valence-electron chi connectivity index (χ1n) is 5.30. The minimum absolute atomic E-state index is 0.797. The van der Waals surface area contributed by atoms with Crippen LogP contribution in [0.5, 0.6) is 0 Å². The van der Waals surface area contributed by atoms with Crippen molar-refractivity contribution in [1.82, 2.24) is 9.97 Å². The Bertz CT molecular complexity index is 485. The van der Waals surface area contributed by atoms with Gasteiger partial charge in [-0.05, 0) is 18.1 Å². The van der Waals surface area contributed by atoms with E-state index in [1.54, 1.807) is 11.3 Å². The number of alkyl halides is 1. The van der Waals surface area contributed by atoms with Crippen molar-refractivity contribution in [3.05, 3.63) is 40.0 Å². The maximum Gasteiger partial charge on any atom is 0.131 e. The first-order valence-corrected chi connectivity index (χ1v) is 7.37. The number of thiazole rings is 1. The molecule has 0 aliphatic carbocycles. The molecular weight excluding hydrogens is 298 g/mol. The molecular formula is C12H14BrN3S. The molecule has 0 saturated heterocycles. The van der Waals surface area contributed by atoms with Crippen LogP contribution < -0.4 is 4.90 Å².